The number of benzene rings is 2. The van der Waals surface area contributed by atoms with Crippen LogP contribution in [-0.4, -0.2) is 42.7 Å². The summed E-state index contributed by atoms with van der Waals surface area (Å²) in [5.74, 6) is -0.185. The molecular formula is C21H23Cl2FO5. The molecule has 0 spiro atoms. The van der Waals surface area contributed by atoms with Crippen LogP contribution in [0.2, 0.25) is 10.0 Å². The molecule has 2 aromatic carbocycles. The molecule has 1 N–H and O–H groups in total. The molecule has 0 aliphatic rings. The van der Waals surface area contributed by atoms with E-state index in [9.17, 15) is 14.3 Å². The summed E-state index contributed by atoms with van der Waals surface area (Å²) in [6.45, 7) is 3.13. The Labute approximate surface area is 179 Å². The highest BCUT2D eigenvalue weighted by molar-refractivity contribution is 6.42. The maximum atomic E-state index is 14.1. The van der Waals surface area contributed by atoms with Crippen LogP contribution in [-0.2, 0) is 16.0 Å². The third-order valence-electron chi connectivity index (χ3n) is 3.78. The summed E-state index contributed by atoms with van der Waals surface area (Å²) in [6.07, 6.45) is -2.36. The maximum Gasteiger partial charge on any atom is 0.333 e. The van der Waals surface area contributed by atoms with Crippen LogP contribution in [0.1, 0.15) is 19.4 Å². The molecule has 0 amide bonds. The Morgan fingerprint density at radius 1 is 1.03 bits per heavy atom. The van der Waals surface area contributed by atoms with Crippen molar-refractivity contribution in [3.05, 3.63) is 58.1 Å². The van der Waals surface area contributed by atoms with Crippen LogP contribution in [0.4, 0.5) is 4.39 Å². The highest BCUT2D eigenvalue weighted by atomic mass is 35.5. The predicted octanol–water partition coefficient (Wildman–Crippen LogP) is 5.21. The SMILES string of the molecule is CC(C)OC(Cc1cccc(OCC(F)COc2ccc(Cl)c(Cl)c2)c1)C(=O)O. The highest BCUT2D eigenvalue weighted by Crippen LogP contribution is 2.26. The van der Waals surface area contributed by atoms with Gasteiger partial charge in [-0.3, -0.25) is 0 Å². The summed E-state index contributed by atoms with van der Waals surface area (Å²) in [5, 5.41) is 10.00. The molecule has 0 heterocycles. The van der Waals surface area contributed by atoms with Crippen molar-refractivity contribution < 1.29 is 28.5 Å². The molecule has 0 aliphatic carbocycles. The van der Waals surface area contributed by atoms with Crippen molar-refractivity contribution in [3.63, 3.8) is 0 Å². The zero-order valence-corrected chi connectivity index (χ0v) is 17.6. The van der Waals surface area contributed by atoms with Gasteiger partial charge in [0, 0.05) is 12.5 Å². The van der Waals surface area contributed by atoms with Gasteiger partial charge in [-0.2, -0.15) is 0 Å². The third-order valence-corrected chi connectivity index (χ3v) is 4.52. The fourth-order valence-corrected chi connectivity index (χ4v) is 2.77. The number of rotatable bonds is 11. The molecule has 0 aliphatic heterocycles. The second-order valence-corrected chi connectivity index (χ2v) is 7.47. The zero-order chi connectivity index (χ0) is 21.4. The largest absolute Gasteiger partial charge is 0.490 e. The number of ether oxygens (including phenoxy) is 3. The first-order valence-corrected chi connectivity index (χ1v) is 9.82. The Bertz CT molecular complexity index is 815. The first-order chi connectivity index (χ1) is 13.7. The van der Waals surface area contributed by atoms with Gasteiger partial charge in [-0.1, -0.05) is 35.3 Å². The summed E-state index contributed by atoms with van der Waals surface area (Å²) in [5.41, 5.74) is 0.720. The first-order valence-electron chi connectivity index (χ1n) is 9.06. The monoisotopic (exact) mass is 444 g/mol. The van der Waals surface area contributed by atoms with Gasteiger partial charge in [-0.05, 0) is 43.7 Å². The number of halogens is 3. The number of carbonyl (C=O) groups is 1. The van der Waals surface area contributed by atoms with Crippen molar-refractivity contribution in [2.45, 2.75) is 38.6 Å². The molecule has 158 valence electrons. The third kappa shape index (κ3) is 8.09. The van der Waals surface area contributed by atoms with Gasteiger partial charge in [0.05, 0.1) is 16.1 Å². The lowest BCUT2D eigenvalue weighted by molar-refractivity contribution is -0.153. The average Bonchev–Trinajstić information content (AvgIpc) is 2.66. The van der Waals surface area contributed by atoms with Crippen LogP contribution >= 0.6 is 23.2 Å². The van der Waals surface area contributed by atoms with Crippen LogP contribution in [0, 0.1) is 0 Å². The van der Waals surface area contributed by atoms with Crippen LogP contribution in [0.3, 0.4) is 0 Å². The van der Waals surface area contributed by atoms with Crippen molar-refractivity contribution in [1.82, 2.24) is 0 Å². The van der Waals surface area contributed by atoms with Gasteiger partial charge < -0.3 is 19.3 Å². The lowest BCUT2D eigenvalue weighted by Gasteiger charge is -2.17. The Morgan fingerprint density at radius 2 is 1.69 bits per heavy atom. The van der Waals surface area contributed by atoms with Crippen molar-refractivity contribution >= 4 is 29.2 Å². The molecule has 2 aromatic rings. The Balaban J connectivity index is 1.86. The van der Waals surface area contributed by atoms with Crippen molar-refractivity contribution in [2.75, 3.05) is 13.2 Å². The molecule has 0 radical (unpaired) electrons. The number of aliphatic carboxylic acids is 1. The van der Waals surface area contributed by atoms with Crippen LogP contribution < -0.4 is 9.47 Å². The topological polar surface area (TPSA) is 65.0 Å². The Hall–Kier alpha value is -2.02. The van der Waals surface area contributed by atoms with Crippen molar-refractivity contribution in [2.24, 2.45) is 0 Å². The Morgan fingerprint density at radius 3 is 2.28 bits per heavy atom. The summed E-state index contributed by atoms with van der Waals surface area (Å²) < 4.78 is 30.3. The normalized spacial score (nSPS) is 13.2. The maximum absolute atomic E-state index is 14.1. The first kappa shape index (κ1) is 23.3. The second-order valence-electron chi connectivity index (χ2n) is 6.66. The summed E-state index contributed by atoms with van der Waals surface area (Å²) in [7, 11) is 0. The van der Waals surface area contributed by atoms with Gasteiger partial charge >= 0.3 is 5.97 Å². The molecule has 0 saturated carbocycles. The van der Waals surface area contributed by atoms with Gasteiger partial charge in [-0.15, -0.1) is 0 Å². The van der Waals surface area contributed by atoms with Crippen molar-refractivity contribution in [1.29, 1.82) is 0 Å². The van der Waals surface area contributed by atoms with E-state index in [1.54, 1.807) is 50.2 Å². The molecule has 0 bridgehead atoms. The molecule has 0 aromatic heterocycles. The fraction of sp³-hybridized carbons (Fsp3) is 0.381. The minimum Gasteiger partial charge on any atom is -0.490 e. The van der Waals surface area contributed by atoms with Crippen LogP contribution in [0.15, 0.2) is 42.5 Å². The lowest BCUT2D eigenvalue weighted by atomic mass is 10.1. The van der Waals surface area contributed by atoms with Gasteiger partial charge in [0.2, 0.25) is 0 Å². The van der Waals surface area contributed by atoms with E-state index < -0.39 is 18.2 Å². The standard InChI is InChI=1S/C21H23Cl2FO5/c1-13(2)29-20(21(25)26)9-14-4-3-5-16(8-14)27-11-15(24)12-28-17-6-7-18(22)19(23)10-17/h3-8,10,13,15,20H,9,11-12H2,1-2H3,(H,25,26). The van der Waals surface area contributed by atoms with E-state index in [2.05, 4.69) is 0 Å². The van der Waals surface area contributed by atoms with E-state index in [-0.39, 0.29) is 25.7 Å². The molecule has 0 saturated heterocycles. The summed E-state index contributed by atoms with van der Waals surface area (Å²) >= 11 is 11.7. The van der Waals surface area contributed by atoms with Crippen molar-refractivity contribution in [3.8, 4) is 11.5 Å². The fourth-order valence-electron chi connectivity index (χ4n) is 2.49. The zero-order valence-electron chi connectivity index (χ0n) is 16.1. The van der Waals surface area contributed by atoms with Crippen LogP contribution in [0.25, 0.3) is 0 Å². The van der Waals surface area contributed by atoms with Gasteiger partial charge in [0.25, 0.3) is 0 Å². The van der Waals surface area contributed by atoms with E-state index in [1.165, 1.54) is 6.07 Å². The number of alkyl halides is 1. The van der Waals surface area contributed by atoms with E-state index >= 15 is 0 Å². The molecule has 2 atom stereocenters. The van der Waals surface area contributed by atoms with Gasteiger partial charge in [0.1, 0.15) is 24.7 Å². The number of carboxylic acids is 1. The van der Waals surface area contributed by atoms with Gasteiger partial charge in [0.15, 0.2) is 12.3 Å². The molecule has 8 heteroatoms. The van der Waals surface area contributed by atoms with E-state index in [0.717, 1.165) is 5.56 Å². The highest BCUT2D eigenvalue weighted by Gasteiger charge is 2.20. The number of hydrogen-bond donors (Lipinski definition) is 1. The minimum absolute atomic E-state index is 0.185. The summed E-state index contributed by atoms with van der Waals surface area (Å²) in [6, 6.07) is 11.5. The van der Waals surface area contributed by atoms with E-state index in [1.807, 2.05) is 0 Å². The number of hydrogen-bond acceptors (Lipinski definition) is 4. The Kier molecular flexibility index (Phi) is 9.01. The van der Waals surface area contributed by atoms with Gasteiger partial charge in [-0.25, -0.2) is 9.18 Å². The molecular weight excluding hydrogens is 422 g/mol. The second kappa shape index (κ2) is 11.2. The summed E-state index contributed by atoms with van der Waals surface area (Å²) in [4.78, 5) is 11.3. The molecule has 2 rings (SSSR count). The molecule has 29 heavy (non-hydrogen) atoms. The number of carboxylic acid groups (broad SMARTS) is 1. The molecule has 0 fully saturated rings. The smallest absolute Gasteiger partial charge is 0.333 e. The molecule has 2 unspecified atom stereocenters. The molecule has 5 nitrogen and oxygen atoms in total. The predicted molar refractivity (Wildman–Crippen MR) is 110 cm³/mol. The van der Waals surface area contributed by atoms with Crippen LogP contribution in [0.5, 0.6) is 11.5 Å². The average molecular weight is 445 g/mol. The van der Waals surface area contributed by atoms with E-state index in [4.69, 9.17) is 37.4 Å². The lowest BCUT2D eigenvalue weighted by Crippen LogP contribution is -2.29. The quantitative estimate of drug-likeness (QED) is 0.515. The minimum atomic E-state index is -1.37. The van der Waals surface area contributed by atoms with E-state index in [0.29, 0.717) is 21.5 Å².